The average molecular weight is 416 g/mol. The zero-order valence-corrected chi connectivity index (χ0v) is 16.9. The largest absolute Gasteiger partial charge is 0.462 e. The van der Waals surface area contributed by atoms with Crippen LogP contribution in [0.4, 0.5) is 0 Å². The van der Waals surface area contributed by atoms with E-state index >= 15 is 0 Å². The quantitative estimate of drug-likeness (QED) is 0.397. The molecular formula is C23H20N4O4. The molecule has 5 rings (SSSR count). The van der Waals surface area contributed by atoms with Crippen molar-refractivity contribution in [3.8, 4) is 0 Å². The minimum Gasteiger partial charge on any atom is -0.462 e. The van der Waals surface area contributed by atoms with Gasteiger partial charge < -0.3 is 19.4 Å². The molecule has 0 aliphatic carbocycles. The molecule has 0 amide bonds. The van der Waals surface area contributed by atoms with Gasteiger partial charge in [0.2, 0.25) is 11.7 Å². The SMILES string of the molecule is CCOC(=O)C1=C(N2CCc3ncccc3C2)O/C(=C\c2c[nH]c3ncccc23)C1=O. The van der Waals surface area contributed by atoms with E-state index in [1.165, 1.54) is 0 Å². The number of nitrogens with one attached hydrogen (secondary N) is 1. The van der Waals surface area contributed by atoms with Crippen molar-refractivity contribution in [2.75, 3.05) is 13.2 Å². The standard InChI is InChI=1S/C23H20N4O4/c1-2-30-23(29)19-20(28)18(11-15-12-26-21-16(15)6-4-9-25-21)31-22(19)27-10-7-17-14(13-27)5-3-8-24-17/h3-6,8-9,11-12H,2,7,10,13H2,1H3,(H,25,26)/b18-11-. The van der Waals surface area contributed by atoms with Crippen LogP contribution in [0.3, 0.4) is 0 Å². The Bertz CT molecular complexity index is 1260. The summed E-state index contributed by atoms with van der Waals surface area (Å²) in [6, 6.07) is 7.59. The van der Waals surface area contributed by atoms with Crippen LogP contribution in [-0.2, 0) is 32.0 Å². The molecule has 0 radical (unpaired) electrons. The fourth-order valence-corrected chi connectivity index (χ4v) is 3.90. The van der Waals surface area contributed by atoms with E-state index in [0.29, 0.717) is 25.2 Å². The summed E-state index contributed by atoms with van der Waals surface area (Å²) in [5, 5.41) is 0.857. The Morgan fingerprint density at radius 2 is 2.13 bits per heavy atom. The molecule has 0 aromatic carbocycles. The highest BCUT2D eigenvalue weighted by Gasteiger charge is 2.40. The molecule has 2 aliphatic heterocycles. The van der Waals surface area contributed by atoms with Gasteiger partial charge in [-0.1, -0.05) is 6.07 Å². The van der Waals surface area contributed by atoms with Crippen LogP contribution in [0, 0.1) is 0 Å². The Balaban J connectivity index is 1.52. The van der Waals surface area contributed by atoms with E-state index in [2.05, 4.69) is 15.0 Å². The lowest BCUT2D eigenvalue weighted by molar-refractivity contribution is -0.139. The van der Waals surface area contributed by atoms with Crippen molar-refractivity contribution in [1.82, 2.24) is 19.9 Å². The average Bonchev–Trinajstić information content (AvgIpc) is 3.35. The number of Topliss-reactive ketones (excluding diaryl/α,β-unsaturated/α-hetero) is 1. The van der Waals surface area contributed by atoms with E-state index in [1.807, 2.05) is 29.2 Å². The van der Waals surface area contributed by atoms with E-state index in [-0.39, 0.29) is 23.8 Å². The zero-order chi connectivity index (χ0) is 21.4. The second-order valence-electron chi connectivity index (χ2n) is 7.26. The van der Waals surface area contributed by atoms with Crippen molar-refractivity contribution >= 4 is 28.9 Å². The van der Waals surface area contributed by atoms with Crippen molar-refractivity contribution in [1.29, 1.82) is 0 Å². The van der Waals surface area contributed by atoms with Gasteiger partial charge in [-0.2, -0.15) is 0 Å². The summed E-state index contributed by atoms with van der Waals surface area (Å²) in [4.78, 5) is 39.5. The molecule has 0 atom stereocenters. The van der Waals surface area contributed by atoms with Crippen LogP contribution in [0.2, 0.25) is 0 Å². The van der Waals surface area contributed by atoms with Gasteiger partial charge in [0.05, 0.1) is 6.61 Å². The van der Waals surface area contributed by atoms with Crippen LogP contribution in [0.25, 0.3) is 17.1 Å². The third-order valence-electron chi connectivity index (χ3n) is 5.37. The van der Waals surface area contributed by atoms with Gasteiger partial charge in [-0.3, -0.25) is 9.78 Å². The Kier molecular flexibility index (Phi) is 4.74. The number of pyridine rings is 2. The first-order valence-corrected chi connectivity index (χ1v) is 10.1. The highest BCUT2D eigenvalue weighted by molar-refractivity contribution is 6.26. The molecule has 3 aromatic rings. The van der Waals surface area contributed by atoms with E-state index < -0.39 is 11.8 Å². The summed E-state index contributed by atoms with van der Waals surface area (Å²) in [5.74, 6) is -0.839. The molecule has 3 aromatic heterocycles. The van der Waals surface area contributed by atoms with Crippen LogP contribution in [0.5, 0.6) is 0 Å². The number of nitrogens with zero attached hydrogens (tertiary/aromatic N) is 3. The third-order valence-corrected chi connectivity index (χ3v) is 5.37. The molecule has 0 bridgehead atoms. The van der Waals surface area contributed by atoms with Gasteiger partial charge in [0.15, 0.2) is 11.3 Å². The minimum atomic E-state index is -0.677. The van der Waals surface area contributed by atoms with Gasteiger partial charge in [0.25, 0.3) is 0 Å². The van der Waals surface area contributed by atoms with Crippen molar-refractivity contribution in [2.45, 2.75) is 19.9 Å². The van der Waals surface area contributed by atoms with Crippen LogP contribution in [0.15, 0.2) is 60.1 Å². The first-order valence-electron chi connectivity index (χ1n) is 10.1. The number of carbonyl (C=O) groups is 2. The molecule has 2 aliphatic rings. The number of esters is 1. The second kappa shape index (κ2) is 7.71. The molecule has 31 heavy (non-hydrogen) atoms. The number of ketones is 1. The molecule has 0 fully saturated rings. The van der Waals surface area contributed by atoms with Crippen molar-refractivity contribution in [3.05, 3.63) is 76.9 Å². The van der Waals surface area contributed by atoms with Crippen molar-refractivity contribution < 1.29 is 19.1 Å². The molecule has 0 saturated heterocycles. The fourth-order valence-electron chi connectivity index (χ4n) is 3.90. The number of ether oxygens (including phenoxy) is 2. The highest BCUT2D eigenvalue weighted by atomic mass is 16.5. The van der Waals surface area contributed by atoms with Gasteiger partial charge in [-0.05, 0) is 36.8 Å². The molecule has 0 saturated carbocycles. The molecule has 0 spiro atoms. The van der Waals surface area contributed by atoms with Gasteiger partial charge in [0.1, 0.15) is 5.65 Å². The summed E-state index contributed by atoms with van der Waals surface area (Å²) < 4.78 is 11.2. The smallest absolute Gasteiger partial charge is 0.347 e. The summed E-state index contributed by atoms with van der Waals surface area (Å²) in [6.07, 6.45) is 7.54. The Labute approximate surface area is 178 Å². The third kappa shape index (κ3) is 3.35. The molecule has 8 heteroatoms. The number of aromatic amines is 1. The number of fused-ring (bicyclic) bond motifs is 2. The lowest BCUT2D eigenvalue weighted by Gasteiger charge is -2.30. The number of hydrogen-bond acceptors (Lipinski definition) is 7. The summed E-state index contributed by atoms with van der Waals surface area (Å²) >= 11 is 0. The summed E-state index contributed by atoms with van der Waals surface area (Å²) in [6.45, 7) is 2.96. The van der Waals surface area contributed by atoms with E-state index in [1.54, 1.807) is 31.6 Å². The lowest BCUT2D eigenvalue weighted by Crippen LogP contribution is -2.32. The van der Waals surface area contributed by atoms with Gasteiger partial charge >= 0.3 is 5.97 Å². The van der Waals surface area contributed by atoms with Crippen molar-refractivity contribution in [3.63, 3.8) is 0 Å². The normalized spacial score (nSPS) is 17.3. The second-order valence-corrected chi connectivity index (χ2v) is 7.26. The fraction of sp³-hybridized carbons (Fsp3) is 0.217. The van der Waals surface area contributed by atoms with Crippen LogP contribution in [-0.4, -0.2) is 44.8 Å². The van der Waals surface area contributed by atoms with Crippen LogP contribution < -0.4 is 0 Å². The van der Waals surface area contributed by atoms with Gasteiger partial charge in [-0.15, -0.1) is 0 Å². The van der Waals surface area contributed by atoms with E-state index in [4.69, 9.17) is 9.47 Å². The minimum absolute atomic E-state index is 0.0709. The number of aromatic nitrogens is 3. The molecule has 8 nitrogen and oxygen atoms in total. The maximum absolute atomic E-state index is 13.2. The zero-order valence-electron chi connectivity index (χ0n) is 16.9. The molecule has 5 heterocycles. The maximum Gasteiger partial charge on any atom is 0.347 e. The number of allylic oxidation sites excluding steroid dienone is 1. The predicted octanol–water partition coefficient (Wildman–Crippen LogP) is 2.73. The Morgan fingerprint density at radius 3 is 3.00 bits per heavy atom. The van der Waals surface area contributed by atoms with Gasteiger partial charge in [0, 0.05) is 54.7 Å². The number of H-pyrrole nitrogens is 1. The first kappa shape index (κ1) is 19.0. The lowest BCUT2D eigenvalue weighted by atomic mass is 10.1. The van der Waals surface area contributed by atoms with E-state index in [9.17, 15) is 9.59 Å². The topological polar surface area (TPSA) is 97.4 Å². The van der Waals surface area contributed by atoms with Crippen LogP contribution >= 0.6 is 0 Å². The predicted molar refractivity (Wildman–Crippen MR) is 112 cm³/mol. The van der Waals surface area contributed by atoms with Crippen LogP contribution in [0.1, 0.15) is 23.7 Å². The number of hydrogen-bond donors (Lipinski definition) is 1. The van der Waals surface area contributed by atoms with Crippen molar-refractivity contribution in [2.24, 2.45) is 0 Å². The Morgan fingerprint density at radius 1 is 1.29 bits per heavy atom. The maximum atomic E-state index is 13.2. The molecule has 0 unspecified atom stereocenters. The Hall–Kier alpha value is -3.94. The molecular weight excluding hydrogens is 396 g/mol. The number of rotatable bonds is 4. The van der Waals surface area contributed by atoms with Gasteiger partial charge in [-0.25, -0.2) is 9.78 Å². The summed E-state index contributed by atoms with van der Waals surface area (Å²) in [5.41, 5.74) is 3.45. The first-order chi connectivity index (χ1) is 15.2. The molecule has 156 valence electrons. The number of carbonyl (C=O) groups excluding carboxylic acids is 2. The van der Waals surface area contributed by atoms with E-state index in [0.717, 1.165) is 22.2 Å². The monoisotopic (exact) mass is 416 g/mol. The summed E-state index contributed by atoms with van der Waals surface area (Å²) in [7, 11) is 0. The highest BCUT2D eigenvalue weighted by Crippen LogP contribution is 2.33. The molecule has 1 N–H and O–H groups in total.